The van der Waals surface area contributed by atoms with Crippen LogP contribution in [0.5, 0.6) is 0 Å². The lowest BCUT2D eigenvalue weighted by Gasteiger charge is -2.36. The summed E-state index contributed by atoms with van der Waals surface area (Å²) in [7, 11) is 0. The van der Waals surface area contributed by atoms with Crippen LogP contribution in [0.3, 0.4) is 0 Å². The fourth-order valence-corrected chi connectivity index (χ4v) is 2.93. The van der Waals surface area contributed by atoms with Gasteiger partial charge in [-0.3, -0.25) is 9.69 Å². The molecule has 2 N–H and O–H groups in total. The van der Waals surface area contributed by atoms with Crippen LogP contribution in [0.2, 0.25) is 0 Å². The van der Waals surface area contributed by atoms with E-state index in [1.807, 2.05) is 24.3 Å². The van der Waals surface area contributed by atoms with Crippen molar-refractivity contribution in [3.05, 3.63) is 35.4 Å². The molecular formula is C16H23NO3. The van der Waals surface area contributed by atoms with Gasteiger partial charge in [-0.2, -0.15) is 0 Å². The van der Waals surface area contributed by atoms with Gasteiger partial charge < -0.3 is 10.2 Å². The summed E-state index contributed by atoms with van der Waals surface area (Å²) in [5, 5.41) is 18.9. The fraction of sp³-hybridized carbons (Fsp3) is 0.562. The van der Waals surface area contributed by atoms with Gasteiger partial charge in [0.05, 0.1) is 12.5 Å². The van der Waals surface area contributed by atoms with Gasteiger partial charge in [0, 0.05) is 19.6 Å². The van der Waals surface area contributed by atoms with E-state index in [0.29, 0.717) is 5.92 Å². The van der Waals surface area contributed by atoms with Crippen molar-refractivity contribution in [1.82, 2.24) is 4.90 Å². The molecule has 0 spiro atoms. The van der Waals surface area contributed by atoms with E-state index >= 15 is 0 Å². The molecule has 0 amide bonds. The lowest BCUT2D eigenvalue weighted by atomic mass is 9.92. The average molecular weight is 277 g/mol. The summed E-state index contributed by atoms with van der Waals surface area (Å²) < 4.78 is 0. The van der Waals surface area contributed by atoms with Crippen LogP contribution in [0.15, 0.2) is 24.3 Å². The number of rotatable bonds is 5. The Labute approximate surface area is 120 Å². The summed E-state index contributed by atoms with van der Waals surface area (Å²) in [4.78, 5) is 13.2. The first kappa shape index (κ1) is 15.0. The third-order valence-electron chi connectivity index (χ3n) is 4.16. The Morgan fingerprint density at radius 2 is 2.05 bits per heavy atom. The second kappa shape index (κ2) is 6.86. The highest BCUT2D eigenvalue weighted by Crippen LogP contribution is 2.22. The lowest BCUT2D eigenvalue weighted by molar-refractivity contribution is -0.136. The summed E-state index contributed by atoms with van der Waals surface area (Å²) in [6.07, 6.45) is 1.67. The van der Waals surface area contributed by atoms with Crippen molar-refractivity contribution in [2.24, 2.45) is 5.92 Å². The minimum Gasteiger partial charge on any atom is -0.481 e. The van der Waals surface area contributed by atoms with Gasteiger partial charge in [0.2, 0.25) is 0 Å². The number of carbonyl (C=O) groups is 1. The molecule has 0 bridgehead atoms. The highest BCUT2D eigenvalue weighted by molar-refractivity contribution is 5.70. The molecule has 110 valence electrons. The zero-order valence-corrected chi connectivity index (χ0v) is 12.0. The van der Waals surface area contributed by atoms with Gasteiger partial charge in [-0.25, -0.2) is 0 Å². The van der Waals surface area contributed by atoms with Crippen LogP contribution in [0, 0.1) is 5.92 Å². The van der Waals surface area contributed by atoms with E-state index in [9.17, 15) is 9.90 Å². The maximum atomic E-state index is 10.9. The van der Waals surface area contributed by atoms with Crippen molar-refractivity contribution in [3.63, 3.8) is 0 Å². The maximum absolute atomic E-state index is 10.9. The highest BCUT2D eigenvalue weighted by Gasteiger charge is 2.26. The number of carboxylic acids is 1. The molecule has 0 radical (unpaired) electrons. The van der Waals surface area contributed by atoms with Gasteiger partial charge in [0.15, 0.2) is 0 Å². The van der Waals surface area contributed by atoms with Crippen molar-refractivity contribution in [2.75, 3.05) is 13.1 Å². The number of likely N-dealkylation sites (tertiary alicyclic amines) is 1. The predicted molar refractivity (Wildman–Crippen MR) is 77.5 cm³/mol. The molecule has 1 heterocycles. The van der Waals surface area contributed by atoms with Crippen molar-refractivity contribution in [3.8, 4) is 0 Å². The van der Waals surface area contributed by atoms with Crippen LogP contribution in [0.25, 0.3) is 0 Å². The molecule has 0 aromatic heterocycles. The third-order valence-corrected chi connectivity index (χ3v) is 4.16. The van der Waals surface area contributed by atoms with Crippen LogP contribution in [0.1, 0.15) is 30.9 Å². The Balaban J connectivity index is 2.04. The Hall–Kier alpha value is -1.39. The minimum atomic E-state index is -0.794. The number of aliphatic hydroxyl groups excluding tert-OH is 1. The number of benzene rings is 1. The Kier molecular flexibility index (Phi) is 5.15. The number of aliphatic hydroxyl groups is 1. The monoisotopic (exact) mass is 277 g/mol. The smallest absolute Gasteiger partial charge is 0.307 e. The van der Waals surface area contributed by atoms with E-state index in [4.69, 9.17) is 5.11 Å². The number of piperidine rings is 1. The van der Waals surface area contributed by atoms with Crippen LogP contribution in [-0.2, 0) is 17.8 Å². The molecule has 1 aliphatic heterocycles. The van der Waals surface area contributed by atoms with Crippen molar-refractivity contribution >= 4 is 5.97 Å². The molecule has 4 heteroatoms. The Morgan fingerprint density at radius 1 is 1.35 bits per heavy atom. The highest BCUT2D eigenvalue weighted by atomic mass is 16.4. The molecule has 1 aromatic rings. The van der Waals surface area contributed by atoms with Gasteiger partial charge in [-0.1, -0.05) is 31.2 Å². The summed E-state index contributed by atoms with van der Waals surface area (Å²) >= 11 is 0. The normalized spacial score (nSPS) is 23.7. The molecule has 20 heavy (non-hydrogen) atoms. The first-order chi connectivity index (χ1) is 9.60. The molecule has 1 fully saturated rings. The molecular weight excluding hydrogens is 254 g/mol. The zero-order chi connectivity index (χ0) is 14.5. The molecule has 1 aromatic carbocycles. The van der Waals surface area contributed by atoms with Crippen LogP contribution in [0.4, 0.5) is 0 Å². The lowest BCUT2D eigenvalue weighted by Crippen LogP contribution is -2.42. The standard InChI is InChI=1S/C16H23NO3/c1-2-12-10-17(8-7-15(12)18)11-14-6-4-3-5-13(14)9-16(19)20/h3-6,12,15,18H,2,7-11H2,1H3,(H,19,20). The van der Waals surface area contributed by atoms with Gasteiger partial charge in [-0.15, -0.1) is 0 Å². The quantitative estimate of drug-likeness (QED) is 0.863. The van der Waals surface area contributed by atoms with E-state index < -0.39 is 5.97 Å². The summed E-state index contributed by atoms with van der Waals surface area (Å²) in [5.41, 5.74) is 1.97. The van der Waals surface area contributed by atoms with E-state index in [1.165, 1.54) is 0 Å². The molecule has 0 aliphatic carbocycles. The molecule has 4 nitrogen and oxygen atoms in total. The molecule has 1 aliphatic rings. The van der Waals surface area contributed by atoms with Crippen molar-refractivity contribution in [2.45, 2.75) is 38.8 Å². The van der Waals surface area contributed by atoms with Crippen LogP contribution in [-0.4, -0.2) is 40.3 Å². The topological polar surface area (TPSA) is 60.8 Å². The number of aliphatic carboxylic acids is 1. The Morgan fingerprint density at radius 3 is 2.70 bits per heavy atom. The second-order valence-corrected chi connectivity index (χ2v) is 5.60. The molecule has 2 rings (SSSR count). The average Bonchev–Trinajstić information content (AvgIpc) is 2.42. The first-order valence-corrected chi connectivity index (χ1v) is 7.29. The number of hydrogen-bond donors (Lipinski definition) is 2. The zero-order valence-electron chi connectivity index (χ0n) is 12.0. The molecule has 2 atom stereocenters. The molecule has 1 saturated heterocycles. The summed E-state index contributed by atoms with van der Waals surface area (Å²) in [5.74, 6) is -0.465. The predicted octanol–water partition coefficient (Wildman–Crippen LogP) is 1.91. The number of carboxylic acid groups (broad SMARTS) is 1. The fourth-order valence-electron chi connectivity index (χ4n) is 2.93. The van der Waals surface area contributed by atoms with Crippen molar-refractivity contribution < 1.29 is 15.0 Å². The SMILES string of the molecule is CCC1CN(Cc2ccccc2CC(=O)O)CCC1O. The van der Waals surface area contributed by atoms with E-state index in [2.05, 4.69) is 11.8 Å². The molecule has 2 unspecified atom stereocenters. The van der Waals surface area contributed by atoms with E-state index in [-0.39, 0.29) is 12.5 Å². The van der Waals surface area contributed by atoms with Gasteiger partial charge >= 0.3 is 5.97 Å². The first-order valence-electron chi connectivity index (χ1n) is 7.29. The minimum absolute atomic E-state index is 0.0733. The van der Waals surface area contributed by atoms with Gasteiger partial charge in [-0.05, 0) is 29.9 Å². The van der Waals surface area contributed by atoms with Crippen LogP contribution >= 0.6 is 0 Å². The second-order valence-electron chi connectivity index (χ2n) is 5.60. The third kappa shape index (κ3) is 3.81. The Bertz CT molecular complexity index is 461. The number of nitrogens with zero attached hydrogens (tertiary/aromatic N) is 1. The van der Waals surface area contributed by atoms with E-state index in [1.54, 1.807) is 0 Å². The van der Waals surface area contributed by atoms with Crippen LogP contribution < -0.4 is 0 Å². The largest absolute Gasteiger partial charge is 0.481 e. The molecule has 0 saturated carbocycles. The van der Waals surface area contributed by atoms with Gasteiger partial charge in [0.25, 0.3) is 0 Å². The van der Waals surface area contributed by atoms with E-state index in [0.717, 1.165) is 43.6 Å². The number of hydrogen-bond acceptors (Lipinski definition) is 3. The summed E-state index contributed by atoms with van der Waals surface area (Å²) in [6, 6.07) is 7.73. The summed E-state index contributed by atoms with van der Waals surface area (Å²) in [6.45, 7) is 4.64. The van der Waals surface area contributed by atoms with Crippen molar-refractivity contribution in [1.29, 1.82) is 0 Å². The van der Waals surface area contributed by atoms with Gasteiger partial charge in [0.1, 0.15) is 0 Å². The maximum Gasteiger partial charge on any atom is 0.307 e.